The Morgan fingerprint density at radius 2 is 1.94 bits per heavy atom. The molecule has 2 aromatic heterocycles. The van der Waals surface area contributed by atoms with Gasteiger partial charge in [0.05, 0.1) is 11.7 Å². The third-order valence-corrected chi connectivity index (χ3v) is 5.04. The second-order valence-corrected chi connectivity index (χ2v) is 7.57. The standard InChI is InChI=1S/C21H23F2N7O/c1-4-18-25-20(24-11(2)15-8-7-14(22)9-16(15)23)28-21(26-18)27-19-10-17(13-5-6-13)30(29-19)12(3)31/h7-11,13H,4-6H2,1-3H3,(H2,24,25,26,27,28,29). The number of hydrogen-bond donors (Lipinski definition) is 2. The van der Waals surface area contributed by atoms with Crippen LogP contribution in [0.1, 0.15) is 67.4 Å². The number of benzene rings is 1. The molecule has 10 heteroatoms. The number of carbonyl (C=O) groups is 1. The zero-order chi connectivity index (χ0) is 22.1. The first-order valence-electron chi connectivity index (χ1n) is 10.2. The molecule has 31 heavy (non-hydrogen) atoms. The van der Waals surface area contributed by atoms with Crippen molar-refractivity contribution in [2.75, 3.05) is 10.6 Å². The highest BCUT2D eigenvalue weighted by Crippen LogP contribution is 2.41. The monoisotopic (exact) mass is 427 g/mol. The van der Waals surface area contributed by atoms with Crippen molar-refractivity contribution >= 4 is 23.6 Å². The van der Waals surface area contributed by atoms with Crippen molar-refractivity contribution in [1.82, 2.24) is 24.7 Å². The van der Waals surface area contributed by atoms with E-state index in [0.29, 0.717) is 29.5 Å². The van der Waals surface area contributed by atoms with Gasteiger partial charge in [0.2, 0.25) is 17.8 Å². The van der Waals surface area contributed by atoms with Crippen LogP contribution < -0.4 is 10.6 Å². The Morgan fingerprint density at radius 1 is 1.19 bits per heavy atom. The van der Waals surface area contributed by atoms with Crippen molar-refractivity contribution in [2.24, 2.45) is 0 Å². The fraction of sp³-hybridized carbons (Fsp3) is 0.381. The molecule has 1 aliphatic rings. The summed E-state index contributed by atoms with van der Waals surface area (Å²) in [6.45, 7) is 5.11. The van der Waals surface area contributed by atoms with E-state index in [2.05, 4.69) is 30.7 Å². The van der Waals surface area contributed by atoms with Crippen molar-refractivity contribution in [3.63, 3.8) is 0 Å². The largest absolute Gasteiger partial charge is 0.347 e. The lowest BCUT2D eigenvalue weighted by molar-refractivity contribution is 0.0918. The second-order valence-electron chi connectivity index (χ2n) is 7.57. The van der Waals surface area contributed by atoms with E-state index in [9.17, 15) is 13.6 Å². The van der Waals surface area contributed by atoms with Crippen molar-refractivity contribution in [3.8, 4) is 0 Å². The lowest BCUT2D eigenvalue weighted by Crippen LogP contribution is -2.14. The van der Waals surface area contributed by atoms with Gasteiger partial charge in [0, 0.05) is 37.0 Å². The van der Waals surface area contributed by atoms with Crippen LogP contribution in [-0.2, 0) is 6.42 Å². The van der Waals surface area contributed by atoms with Gasteiger partial charge in [-0.15, -0.1) is 5.10 Å². The second kappa shape index (κ2) is 8.37. The summed E-state index contributed by atoms with van der Waals surface area (Å²) in [6, 6.07) is 4.76. The normalized spacial score (nSPS) is 14.4. The molecule has 0 amide bonds. The predicted octanol–water partition coefficient (Wildman–Crippen LogP) is 4.36. The van der Waals surface area contributed by atoms with Crippen LogP contribution in [-0.4, -0.2) is 30.6 Å². The van der Waals surface area contributed by atoms with E-state index in [4.69, 9.17) is 0 Å². The van der Waals surface area contributed by atoms with E-state index >= 15 is 0 Å². The first-order valence-corrected chi connectivity index (χ1v) is 10.2. The molecule has 2 heterocycles. The number of nitrogens with one attached hydrogen (secondary N) is 2. The fourth-order valence-electron chi connectivity index (χ4n) is 3.32. The van der Waals surface area contributed by atoms with Gasteiger partial charge in [-0.25, -0.2) is 13.5 Å². The minimum atomic E-state index is -0.648. The molecule has 1 saturated carbocycles. The lowest BCUT2D eigenvalue weighted by atomic mass is 10.1. The van der Waals surface area contributed by atoms with E-state index in [1.807, 2.05) is 13.0 Å². The summed E-state index contributed by atoms with van der Waals surface area (Å²) < 4.78 is 28.7. The van der Waals surface area contributed by atoms with Crippen LogP contribution in [0.15, 0.2) is 24.3 Å². The first kappa shape index (κ1) is 20.8. The number of halogens is 2. The summed E-state index contributed by atoms with van der Waals surface area (Å²) in [5.41, 5.74) is 1.17. The van der Waals surface area contributed by atoms with E-state index in [1.165, 1.54) is 23.7 Å². The number of aryl methyl sites for hydroxylation is 1. The van der Waals surface area contributed by atoms with E-state index in [0.717, 1.165) is 24.6 Å². The Hall–Kier alpha value is -3.43. The molecule has 0 radical (unpaired) electrons. The molecule has 1 atom stereocenters. The van der Waals surface area contributed by atoms with Gasteiger partial charge in [-0.2, -0.15) is 15.0 Å². The minimum absolute atomic E-state index is 0.155. The van der Waals surface area contributed by atoms with Gasteiger partial charge in [0.25, 0.3) is 0 Å². The highest BCUT2D eigenvalue weighted by atomic mass is 19.1. The maximum atomic E-state index is 14.1. The van der Waals surface area contributed by atoms with Crippen LogP contribution in [0.3, 0.4) is 0 Å². The molecule has 0 saturated heterocycles. The SMILES string of the molecule is CCc1nc(Nc2cc(C3CC3)n(C(C)=O)n2)nc(NC(C)c2ccc(F)cc2F)n1. The van der Waals surface area contributed by atoms with Crippen molar-refractivity contribution in [2.45, 2.75) is 52.0 Å². The topological polar surface area (TPSA) is 97.6 Å². The molecular formula is C21H23F2N7O. The summed E-state index contributed by atoms with van der Waals surface area (Å²) >= 11 is 0. The number of hydrogen-bond acceptors (Lipinski definition) is 7. The Morgan fingerprint density at radius 3 is 2.58 bits per heavy atom. The molecule has 1 aliphatic carbocycles. The van der Waals surface area contributed by atoms with Crippen LogP contribution in [0.5, 0.6) is 0 Å². The van der Waals surface area contributed by atoms with Gasteiger partial charge in [0.1, 0.15) is 17.5 Å². The zero-order valence-electron chi connectivity index (χ0n) is 17.5. The van der Waals surface area contributed by atoms with Gasteiger partial charge in [-0.1, -0.05) is 13.0 Å². The van der Waals surface area contributed by atoms with Crippen molar-refractivity contribution in [3.05, 3.63) is 53.0 Å². The highest BCUT2D eigenvalue weighted by Gasteiger charge is 2.29. The molecule has 1 fully saturated rings. The number of carbonyl (C=O) groups excluding carboxylic acids is 1. The molecule has 1 aromatic carbocycles. The summed E-state index contributed by atoms with van der Waals surface area (Å²) in [5.74, 6) is 0.414. The third kappa shape index (κ3) is 4.68. The predicted molar refractivity (Wildman–Crippen MR) is 111 cm³/mol. The van der Waals surface area contributed by atoms with Crippen LogP contribution >= 0.6 is 0 Å². The van der Waals surface area contributed by atoms with Crippen molar-refractivity contribution in [1.29, 1.82) is 0 Å². The van der Waals surface area contributed by atoms with E-state index < -0.39 is 17.7 Å². The molecule has 1 unspecified atom stereocenters. The Balaban J connectivity index is 1.58. The number of aromatic nitrogens is 5. The fourth-order valence-corrected chi connectivity index (χ4v) is 3.32. The quantitative estimate of drug-likeness (QED) is 0.578. The van der Waals surface area contributed by atoms with E-state index in [1.54, 1.807) is 6.92 Å². The molecule has 0 bridgehead atoms. The average molecular weight is 427 g/mol. The molecule has 2 N–H and O–H groups in total. The number of nitrogens with zero attached hydrogens (tertiary/aromatic N) is 5. The van der Waals surface area contributed by atoms with Gasteiger partial charge in [0.15, 0.2) is 5.82 Å². The maximum Gasteiger partial charge on any atom is 0.244 e. The number of rotatable bonds is 7. The van der Waals surface area contributed by atoms with Crippen LogP contribution in [0.4, 0.5) is 26.5 Å². The van der Waals surface area contributed by atoms with Gasteiger partial charge in [-0.05, 0) is 25.8 Å². The Labute approximate surface area is 178 Å². The summed E-state index contributed by atoms with van der Waals surface area (Å²) in [5, 5.41) is 10.4. The van der Waals surface area contributed by atoms with Gasteiger partial charge in [-0.3, -0.25) is 4.79 Å². The Bertz CT molecular complexity index is 1130. The first-order chi connectivity index (χ1) is 14.8. The molecule has 3 aromatic rings. The molecule has 8 nitrogen and oxygen atoms in total. The maximum absolute atomic E-state index is 14.1. The molecular weight excluding hydrogens is 404 g/mol. The lowest BCUT2D eigenvalue weighted by Gasteiger charge is -2.16. The van der Waals surface area contributed by atoms with Crippen molar-refractivity contribution < 1.29 is 13.6 Å². The molecule has 162 valence electrons. The smallest absolute Gasteiger partial charge is 0.244 e. The summed E-state index contributed by atoms with van der Waals surface area (Å²) in [7, 11) is 0. The summed E-state index contributed by atoms with van der Waals surface area (Å²) in [4.78, 5) is 25.0. The zero-order valence-corrected chi connectivity index (χ0v) is 17.5. The molecule has 0 spiro atoms. The molecule has 4 rings (SSSR count). The average Bonchev–Trinajstić information content (AvgIpc) is 3.47. The van der Waals surface area contributed by atoms with Gasteiger partial charge >= 0.3 is 0 Å². The highest BCUT2D eigenvalue weighted by molar-refractivity contribution is 5.77. The minimum Gasteiger partial charge on any atom is -0.347 e. The molecule has 0 aliphatic heterocycles. The number of anilines is 3. The van der Waals surface area contributed by atoms with Crippen LogP contribution in [0.2, 0.25) is 0 Å². The van der Waals surface area contributed by atoms with Crippen LogP contribution in [0.25, 0.3) is 0 Å². The third-order valence-electron chi connectivity index (χ3n) is 5.04. The Kier molecular flexibility index (Phi) is 5.62. The van der Waals surface area contributed by atoms with E-state index in [-0.39, 0.29) is 17.8 Å². The van der Waals surface area contributed by atoms with Crippen LogP contribution in [0, 0.1) is 11.6 Å². The van der Waals surface area contributed by atoms with Gasteiger partial charge < -0.3 is 10.6 Å². The summed E-state index contributed by atoms with van der Waals surface area (Å²) in [6.07, 6.45) is 2.63.